The van der Waals surface area contributed by atoms with Gasteiger partial charge < -0.3 is 10.2 Å². The van der Waals surface area contributed by atoms with Crippen molar-refractivity contribution in [1.29, 1.82) is 5.26 Å². The molecule has 0 saturated heterocycles. The molecule has 180 valence electrons. The maximum Gasteiger partial charge on any atom is 0.131 e. The SMILES string of the molecule is C[C@@H](NC(O)c1cccc(C#N)c1)[C@H]1CC[C@H]2[C@@H]3CC[C@@H]4C[C@](C)(O)CC[C@@H]4[C@H]3CC[C@]12C. The van der Waals surface area contributed by atoms with Gasteiger partial charge in [-0.05, 0) is 130 Å². The standard InChI is InChI=1S/C29H42N2O2/c1-18(31-27(32)20-6-4-5-19(15-20)17-30)25-9-10-26-24-8-7-21-16-28(2,33)13-11-22(21)23(24)12-14-29(25,26)3/h4-6,15,18,21-27,31-33H,7-14,16H2,1-3H3/t18-,21-,22+,23-,24-,25-,26+,27?,28-,29-/m1/s1. The Morgan fingerprint density at radius 3 is 2.61 bits per heavy atom. The van der Waals surface area contributed by atoms with Gasteiger partial charge in [0, 0.05) is 6.04 Å². The third-order valence-electron chi connectivity index (χ3n) is 10.7. The largest absolute Gasteiger partial charge is 0.390 e. The minimum atomic E-state index is -0.738. The van der Waals surface area contributed by atoms with E-state index in [2.05, 4.69) is 25.2 Å². The number of aliphatic hydroxyl groups excluding tert-OH is 1. The molecule has 1 aromatic carbocycles. The van der Waals surface area contributed by atoms with Crippen LogP contribution in [0.25, 0.3) is 0 Å². The molecular weight excluding hydrogens is 408 g/mol. The molecule has 1 unspecified atom stereocenters. The van der Waals surface area contributed by atoms with Crippen LogP contribution in [0.2, 0.25) is 0 Å². The summed E-state index contributed by atoms with van der Waals surface area (Å²) in [5.74, 6) is 4.64. The third-order valence-corrected chi connectivity index (χ3v) is 10.7. The van der Waals surface area contributed by atoms with E-state index in [0.717, 1.165) is 48.0 Å². The Morgan fingerprint density at radius 1 is 1.03 bits per heavy atom. The lowest BCUT2D eigenvalue weighted by Crippen LogP contribution is -2.52. The lowest BCUT2D eigenvalue weighted by atomic mass is 9.49. The van der Waals surface area contributed by atoms with Gasteiger partial charge in [0.1, 0.15) is 6.23 Å². The number of hydrogen-bond donors (Lipinski definition) is 3. The van der Waals surface area contributed by atoms with E-state index in [1.165, 1.54) is 44.9 Å². The molecule has 33 heavy (non-hydrogen) atoms. The van der Waals surface area contributed by atoms with Gasteiger partial charge in [-0.3, -0.25) is 5.32 Å². The van der Waals surface area contributed by atoms with Crippen molar-refractivity contribution in [3.05, 3.63) is 35.4 Å². The Bertz CT molecular complexity index is 907. The first-order valence-corrected chi connectivity index (χ1v) is 13.4. The van der Waals surface area contributed by atoms with Crippen LogP contribution in [0.4, 0.5) is 0 Å². The molecule has 1 aromatic rings. The number of nitrogens with zero attached hydrogens (tertiary/aromatic N) is 1. The average molecular weight is 451 g/mol. The molecule has 0 bridgehead atoms. The molecule has 0 amide bonds. The van der Waals surface area contributed by atoms with Crippen molar-refractivity contribution in [2.24, 2.45) is 40.9 Å². The Kier molecular flexibility index (Phi) is 6.13. The van der Waals surface area contributed by atoms with Gasteiger partial charge in [-0.25, -0.2) is 0 Å². The zero-order valence-electron chi connectivity index (χ0n) is 20.6. The molecule has 0 spiro atoms. The first-order chi connectivity index (χ1) is 15.7. The van der Waals surface area contributed by atoms with Crippen LogP contribution in [0.3, 0.4) is 0 Å². The second kappa shape index (κ2) is 8.67. The van der Waals surface area contributed by atoms with Crippen LogP contribution in [0, 0.1) is 52.3 Å². The van der Waals surface area contributed by atoms with Gasteiger partial charge in [-0.2, -0.15) is 5.26 Å². The molecular formula is C29H42N2O2. The van der Waals surface area contributed by atoms with Gasteiger partial charge in [0.25, 0.3) is 0 Å². The summed E-state index contributed by atoms with van der Waals surface area (Å²) in [5, 5.41) is 34.2. The number of rotatable bonds is 4. The highest BCUT2D eigenvalue weighted by Gasteiger charge is 2.58. The molecule has 0 aromatic heterocycles. The number of nitrogens with one attached hydrogen (secondary N) is 1. The highest BCUT2D eigenvalue weighted by atomic mass is 16.3. The second-order valence-corrected chi connectivity index (χ2v) is 12.5. The van der Waals surface area contributed by atoms with E-state index in [1.807, 2.05) is 19.1 Å². The normalized spacial score (nSPS) is 44.1. The summed E-state index contributed by atoms with van der Waals surface area (Å²) in [7, 11) is 0. The van der Waals surface area contributed by atoms with Crippen LogP contribution in [-0.4, -0.2) is 21.9 Å². The highest BCUT2D eigenvalue weighted by molar-refractivity contribution is 5.33. The molecule has 10 atom stereocenters. The predicted octanol–water partition coefficient (Wildman–Crippen LogP) is 5.55. The summed E-state index contributed by atoms with van der Waals surface area (Å²) >= 11 is 0. The highest BCUT2D eigenvalue weighted by Crippen LogP contribution is 2.65. The van der Waals surface area contributed by atoms with Crippen LogP contribution in [-0.2, 0) is 0 Å². The summed E-state index contributed by atoms with van der Waals surface area (Å²) in [5.41, 5.74) is 1.27. The first kappa shape index (κ1) is 23.3. The van der Waals surface area contributed by atoms with Crippen LogP contribution < -0.4 is 5.32 Å². The van der Waals surface area contributed by atoms with Crippen molar-refractivity contribution in [2.45, 2.75) is 96.4 Å². The number of aliphatic hydroxyl groups is 2. The maximum atomic E-state index is 10.9. The summed E-state index contributed by atoms with van der Waals surface area (Å²) in [6, 6.07) is 9.72. The lowest BCUT2D eigenvalue weighted by molar-refractivity contribution is -0.102. The van der Waals surface area contributed by atoms with E-state index < -0.39 is 11.8 Å². The van der Waals surface area contributed by atoms with E-state index in [9.17, 15) is 15.5 Å². The zero-order chi connectivity index (χ0) is 23.4. The summed E-state index contributed by atoms with van der Waals surface area (Å²) in [6.07, 6.45) is 10.3. The van der Waals surface area contributed by atoms with Crippen LogP contribution in [0.5, 0.6) is 0 Å². The number of fused-ring (bicyclic) bond motifs is 5. The molecule has 5 rings (SSSR count). The van der Waals surface area contributed by atoms with Gasteiger partial charge in [0.2, 0.25) is 0 Å². The number of hydrogen-bond acceptors (Lipinski definition) is 4. The molecule has 4 fully saturated rings. The average Bonchev–Trinajstić information content (AvgIpc) is 3.15. The Balaban J connectivity index is 1.27. The fraction of sp³-hybridized carbons (Fsp3) is 0.759. The minimum Gasteiger partial charge on any atom is -0.390 e. The molecule has 4 saturated carbocycles. The minimum absolute atomic E-state index is 0.235. The van der Waals surface area contributed by atoms with Crippen molar-refractivity contribution in [2.75, 3.05) is 0 Å². The fourth-order valence-corrected chi connectivity index (χ4v) is 9.18. The molecule has 0 heterocycles. The number of benzene rings is 1. The van der Waals surface area contributed by atoms with Crippen molar-refractivity contribution in [3.63, 3.8) is 0 Å². The van der Waals surface area contributed by atoms with Gasteiger partial charge in [0.15, 0.2) is 0 Å². The molecule has 0 radical (unpaired) electrons. The molecule has 4 nitrogen and oxygen atoms in total. The molecule has 4 aliphatic carbocycles. The quantitative estimate of drug-likeness (QED) is 0.526. The van der Waals surface area contributed by atoms with Gasteiger partial charge in [0.05, 0.1) is 17.2 Å². The predicted molar refractivity (Wildman–Crippen MR) is 130 cm³/mol. The van der Waals surface area contributed by atoms with E-state index >= 15 is 0 Å². The second-order valence-electron chi connectivity index (χ2n) is 12.5. The van der Waals surface area contributed by atoms with E-state index in [0.29, 0.717) is 16.9 Å². The lowest BCUT2D eigenvalue weighted by Gasteiger charge is -2.57. The summed E-state index contributed by atoms with van der Waals surface area (Å²) < 4.78 is 0. The van der Waals surface area contributed by atoms with Gasteiger partial charge in [-0.1, -0.05) is 19.1 Å². The fourth-order valence-electron chi connectivity index (χ4n) is 9.18. The van der Waals surface area contributed by atoms with Crippen LogP contribution in [0.1, 0.15) is 95.9 Å². The first-order valence-electron chi connectivity index (χ1n) is 13.4. The topological polar surface area (TPSA) is 76.3 Å². The van der Waals surface area contributed by atoms with Gasteiger partial charge in [-0.15, -0.1) is 0 Å². The van der Waals surface area contributed by atoms with Gasteiger partial charge >= 0.3 is 0 Å². The third kappa shape index (κ3) is 4.15. The molecule has 0 aliphatic heterocycles. The Morgan fingerprint density at radius 2 is 1.82 bits per heavy atom. The van der Waals surface area contributed by atoms with Crippen molar-refractivity contribution < 1.29 is 10.2 Å². The van der Waals surface area contributed by atoms with Crippen molar-refractivity contribution in [3.8, 4) is 6.07 Å². The van der Waals surface area contributed by atoms with Crippen LogP contribution in [0.15, 0.2) is 24.3 Å². The molecule has 3 N–H and O–H groups in total. The summed E-state index contributed by atoms with van der Waals surface area (Å²) in [4.78, 5) is 0. The molecule has 4 aliphatic rings. The van der Waals surface area contributed by atoms with E-state index in [4.69, 9.17) is 0 Å². The smallest absolute Gasteiger partial charge is 0.131 e. The number of nitriles is 1. The van der Waals surface area contributed by atoms with E-state index in [1.54, 1.807) is 12.1 Å². The van der Waals surface area contributed by atoms with Crippen molar-refractivity contribution >= 4 is 0 Å². The van der Waals surface area contributed by atoms with E-state index in [-0.39, 0.29) is 6.04 Å². The zero-order valence-corrected chi connectivity index (χ0v) is 20.6. The van der Waals surface area contributed by atoms with Crippen molar-refractivity contribution in [1.82, 2.24) is 5.32 Å². The Labute approximate surface area is 199 Å². The maximum absolute atomic E-state index is 10.9. The Hall–Kier alpha value is -1.41. The monoisotopic (exact) mass is 450 g/mol. The summed E-state index contributed by atoms with van der Waals surface area (Å²) in [6.45, 7) is 6.85. The molecule has 4 heteroatoms. The van der Waals surface area contributed by atoms with Crippen LogP contribution >= 0.6 is 0 Å².